The van der Waals surface area contributed by atoms with Crippen molar-refractivity contribution in [1.82, 2.24) is 10.2 Å². The van der Waals surface area contributed by atoms with Gasteiger partial charge in [0, 0.05) is 31.0 Å². The van der Waals surface area contributed by atoms with Gasteiger partial charge in [0.15, 0.2) is 0 Å². The Morgan fingerprint density at radius 3 is 2.72 bits per heavy atom. The Morgan fingerprint density at radius 1 is 1.39 bits per heavy atom. The minimum atomic E-state index is -0.188. The number of hydrogen-bond donors (Lipinski definition) is 1. The highest BCUT2D eigenvalue weighted by atomic mass is 33.1. The molecule has 1 aliphatic rings. The summed E-state index contributed by atoms with van der Waals surface area (Å²) in [5.41, 5.74) is 0. The lowest BCUT2D eigenvalue weighted by atomic mass is 10.4. The van der Waals surface area contributed by atoms with E-state index in [1.807, 2.05) is 6.26 Å². The molecule has 1 heterocycles. The lowest BCUT2D eigenvalue weighted by Crippen LogP contribution is -2.33. The molecule has 0 bridgehead atoms. The number of likely N-dealkylation sites (tertiary alicyclic amines) is 1. The lowest BCUT2D eigenvalue weighted by Gasteiger charge is -2.13. The molecule has 0 saturated carbocycles. The molecule has 1 fully saturated rings. The first-order chi connectivity index (χ1) is 8.70. The van der Waals surface area contributed by atoms with E-state index >= 15 is 0 Å². The molecule has 8 heteroatoms. The summed E-state index contributed by atoms with van der Waals surface area (Å²) in [5.74, 6) is 1.43. The van der Waals surface area contributed by atoms with Crippen LogP contribution in [0.15, 0.2) is 0 Å². The minimum Gasteiger partial charge on any atom is -0.358 e. The molecule has 1 atom stereocenters. The second-order valence-electron chi connectivity index (χ2n) is 3.53. The van der Waals surface area contributed by atoms with Crippen LogP contribution in [-0.4, -0.2) is 59.2 Å². The molecule has 18 heavy (non-hydrogen) atoms. The van der Waals surface area contributed by atoms with Crippen LogP contribution in [0.5, 0.6) is 0 Å². The summed E-state index contributed by atoms with van der Waals surface area (Å²) in [6.45, 7) is 1.12. The van der Waals surface area contributed by atoms with Gasteiger partial charge in [-0.1, -0.05) is 21.6 Å². The number of rotatable bonds is 9. The summed E-state index contributed by atoms with van der Waals surface area (Å²) in [5, 5.41) is 2.38. The zero-order chi connectivity index (χ0) is 13.4. The van der Waals surface area contributed by atoms with Gasteiger partial charge in [-0.15, -0.1) is 0 Å². The van der Waals surface area contributed by atoms with Gasteiger partial charge in [0.05, 0.1) is 5.25 Å². The third kappa shape index (κ3) is 4.74. The SMILES string of the molecule is CSC1CC(=O)N(CCSSCCNC=O)C1=O. The molecule has 3 amide bonds. The molecular formula is C10H16N2O3S3. The second-order valence-corrected chi connectivity index (χ2v) is 7.27. The summed E-state index contributed by atoms with van der Waals surface area (Å²) >= 11 is 1.44. The first-order valence-electron chi connectivity index (χ1n) is 5.49. The van der Waals surface area contributed by atoms with E-state index in [2.05, 4.69) is 5.32 Å². The fourth-order valence-electron chi connectivity index (χ4n) is 1.48. The molecule has 1 rings (SSSR count). The van der Waals surface area contributed by atoms with Gasteiger partial charge in [0.2, 0.25) is 18.2 Å². The van der Waals surface area contributed by atoms with E-state index in [0.29, 0.717) is 25.9 Å². The van der Waals surface area contributed by atoms with Crippen molar-refractivity contribution in [3.05, 3.63) is 0 Å². The zero-order valence-corrected chi connectivity index (χ0v) is 12.5. The summed E-state index contributed by atoms with van der Waals surface area (Å²) in [6, 6.07) is 0. The van der Waals surface area contributed by atoms with Crippen LogP contribution in [0.25, 0.3) is 0 Å². The van der Waals surface area contributed by atoms with Crippen LogP contribution in [0.2, 0.25) is 0 Å². The molecule has 1 saturated heterocycles. The van der Waals surface area contributed by atoms with Gasteiger partial charge in [-0.3, -0.25) is 19.3 Å². The third-order valence-electron chi connectivity index (χ3n) is 2.38. The second kappa shape index (κ2) is 8.71. The molecule has 0 radical (unpaired) electrons. The Kier molecular flexibility index (Phi) is 7.60. The largest absolute Gasteiger partial charge is 0.358 e. The normalized spacial score (nSPS) is 19.4. The van der Waals surface area contributed by atoms with Gasteiger partial charge in [0.1, 0.15) is 0 Å². The topological polar surface area (TPSA) is 66.5 Å². The Bertz CT molecular complexity index is 315. The van der Waals surface area contributed by atoms with Crippen LogP contribution >= 0.6 is 33.3 Å². The van der Waals surface area contributed by atoms with E-state index in [1.54, 1.807) is 21.6 Å². The summed E-state index contributed by atoms with van der Waals surface area (Å²) < 4.78 is 0. The van der Waals surface area contributed by atoms with Crippen LogP contribution in [0, 0.1) is 0 Å². The molecule has 1 N–H and O–H groups in total. The van der Waals surface area contributed by atoms with E-state index < -0.39 is 0 Å². The molecule has 0 aromatic carbocycles. The fourth-order valence-corrected chi connectivity index (χ4v) is 3.99. The van der Waals surface area contributed by atoms with Gasteiger partial charge >= 0.3 is 0 Å². The molecular weight excluding hydrogens is 292 g/mol. The molecule has 102 valence electrons. The molecule has 1 unspecified atom stereocenters. The molecule has 0 aromatic heterocycles. The number of amides is 3. The van der Waals surface area contributed by atoms with Gasteiger partial charge in [-0.05, 0) is 6.26 Å². The molecule has 0 aromatic rings. The molecule has 0 spiro atoms. The van der Waals surface area contributed by atoms with Crippen molar-refractivity contribution in [2.45, 2.75) is 11.7 Å². The van der Waals surface area contributed by atoms with E-state index in [4.69, 9.17) is 0 Å². The van der Waals surface area contributed by atoms with E-state index in [9.17, 15) is 14.4 Å². The monoisotopic (exact) mass is 308 g/mol. The summed E-state index contributed by atoms with van der Waals surface area (Å²) in [6.07, 6.45) is 2.86. The Labute approximate surface area is 119 Å². The maximum atomic E-state index is 11.8. The van der Waals surface area contributed by atoms with Crippen LogP contribution < -0.4 is 5.32 Å². The number of hydrogen-bond acceptors (Lipinski definition) is 6. The van der Waals surface area contributed by atoms with Crippen molar-refractivity contribution in [3.8, 4) is 0 Å². The van der Waals surface area contributed by atoms with Gasteiger partial charge < -0.3 is 5.32 Å². The van der Waals surface area contributed by atoms with Crippen LogP contribution in [0.1, 0.15) is 6.42 Å². The summed E-state index contributed by atoms with van der Waals surface area (Å²) in [4.78, 5) is 34.7. The van der Waals surface area contributed by atoms with Crippen molar-refractivity contribution >= 4 is 51.6 Å². The number of carbonyl (C=O) groups excluding carboxylic acids is 3. The highest BCUT2D eigenvalue weighted by Gasteiger charge is 2.37. The maximum absolute atomic E-state index is 11.8. The lowest BCUT2D eigenvalue weighted by molar-refractivity contribution is -0.137. The quantitative estimate of drug-likeness (QED) is 0.291. The third-order valence-corrected chi connectivity index (χ3v) is 5.71. The number of nitrogens with zero attached hydrogens (tertiary/aromatic N) is 1. The predicted molar refractivity (Wildman–Crippen MR) is 77.6 cm³/mol. The van der Waals surface area contributed by atoms with Gasteiger partial charge in [-0.25, -0.2) is 0 Å². The summed E-state index contributed by atoms with van der Waals surface area (Å²) in [7, 11) is 3.24. The van der Waals surface area contributed by atoms with E-state index in [-0.39, 0.29) is 17.1 Å². The van der Waals surface area contributed by atoms with Crippen molar-refractivity contribution in [3.63, 3.8) is 0 Å². The number of imide groups is 1. The molecule has 5 nitrogen and oxygen atoms in total. The zero-order valence-electron chi connectivity index (χ0n) is 10.1. The van der Waals surface area contributed by atoms with Crippen molar-refractivity contribution in [1.29, 1.82) is 0 Å². The number of nitrogens with one attached hydrogen (secondary N) is 1. The number of carbonyl (C=O) groups is 3. The first kappa shape index (κ1) is 15.7. The predicted octanol–water partition coefficient (Wildman–Crippen LogP) is 0.604. The van der Waals surface area contributed by atoms with E-state index in [0.717, 1.165) is 11.5 Å². The molecule has 1 aliphatic heterocycles. The van der Waals surface area contributed by atoms with Crippen molar-refractivity contribution < 1.29 is 14.4 Å². The Balaban J connectivity index is 2.13. The minimum absolute atomic E-state index is 0.0549. The van der Waals surface area contributed by atoms with Crippen LogP contribution in [0.4, 0.5) is 0 Å². The maximum Gasteiger partial charge on any atom is 0.242 e. The Morgan fingerprint density at radius 2 is 2.11 bits per heavy atom. The van der Waals surface area contributed by atoms with Crippen LogP contribution in [0.3, 0.4) is 0 Å². The smallest absolute Gasteiger partial charge is 0.242 e. The van der Waals surface area contributed by atoms with Crippen molar-refractivity contribution in [2.24, 2.45) is 0 Å². The number of thioether (sulfide) groups is 1. The average molecular weight is 308 g/mol. The first-order valence-corrected chi connectivity index (χ1v) is 9.26. The highest BCUT2D eigenvalue weighted by Crippen LogP contribution is 2.25. The van der Waals surface area contributed by atoms with Gasteiger partial charge in [-0.2, -0.15) is 11.8 Å². The average Bonchev–Trinajstić information content (AvgIpc) is 2.64. The van der Waals surface area contributed by atoms with Crippen LogP contribution in [-0.2, 0) is 14.4 Å². The van der Waals surface area contributed by atoms with Gasteiger partial charge in [0.25, 0.3) is 0 Å². The standard InChI is InChI=1S/C10H16N2O3S3/c1-16-8-6-9(14)12(10(8)15)3-5-18-17-4-2-11-7-13/h7-8H,2-6H2,1H3,(H,11,13). The van der Waals surface area contributed by atoms with Crippen molar-refractivity contribution in [2.75, 3.05) is 30.9 Å². The fraction of sp³-hybridized carbons (Fsp3) is 0.700. The molecule has 0 aliphatic carbocycles. The highest BCUT2D eigenvalue weighted by molar-refractivity contribution is 8.76. The van der Waals surface area contributed by atoms with E-state index in [1.165, 1.54) is 16.7 Å². The Hall–Kier alpha value is -0.340.